The van der Waals surface area contributed by atoms with Crippen molar-refractivity contribution in [3.05, 3.63) is 29.8 Å². The van der Waals surface area contributed by atoms with Crippen molar-refractivity contribution in [2.45, 2.75) is 51.9 Å². The molecule has 0 heterocycles. The van der Waals surface area contributed by atoms with Gasteiger partial charge < -0.3 is 9.53 Å². The quantitative estimate of drug-likeness (QED) is 0.811. The Labute approximate surface area is 106 Å². The molecule has 0 amide bonds. The Balaban J connectivity index is 2.78. The van der Waals surface area contributed by atoms with E-state index in [2.05, 4.69) is 25.7 Å². The van der Waals surface area contributed by atoms with Gasteiger partial charge in [-0.25, -0.2) is 0 Å². The van der Waals surface area contributed by atoms with Crippen molar-refractivity contribution in [1.82, 2.24) is 0 Å². The van der Waals surface area contributed by atoms with Crippen molar-refractivity contribution in [2.75, 3.05) is 0 Å². The second-order valence-electron chi connectivity index (χ2n) is 6.13. The summed E-state index contributed by atoms with van der Waals surface area (Å²) >= 11 is 0. The van der Waals surface area contributed by atoms with E-state index in [1.807, 2.05) is 32.0 Å². The molecule has 0 aromatic heterocycles. The van der Waals surface area contributed by atoms with Gasteiger partial charge in [0.05, 0.1) is 5.60 Å². The predicted octanol–water partition coefficient (Wildman–Crippen LogP) is 3.60. The Morgan fingerprint density at radius 2 is 1.76 bits per heavy atom. The van der Waals surface area contributed by atoms with Gasteiger partial charge in [-0.05, 0) is 58.0 Å². The lowest BCUT2D eigenvalue weighted by atomic mass is 9.98. The summed E-state index contributed by atoms with van der Waals surface area (Å²) in [4.78, 5) is 0. The topological polar surface area (TPSA) is 29.5 Å². The average Bonchev–Trinajstić information content (AvgIpc) is 2.12. The van der Waals surface area contributed by atoms with Gasteiger partial charge in [-0.15, -0.1) is 0 Å². The fourth-order valence-electron chi connectivity index (χ4n) is 1.58. The molecule has 0 aliphatic carbocycles. The number of aryl methyl sites for hydroxylation is 1. The number of para-hydroxylation sites is 1. The second-order valence-corrected chi connectivity index (χ2v) is 10.6. The van der Waals surface area contributed by atoms with Crippen LogP contribution < -0.4 is 4.43 Å². The normalized spacial score (nSPS) is 12.6. The van der Waals surface area contributed by atoms with Gasteiger partial charge in [0.1, 0.15) is 5.75 Å². The Morgan fingerprint density at radius 3 is 2.29 bits per heavy atom. The fraction of sp³-hybridized carbons (Fsp3) is 0.571. The number of benzene rings is 1. The van der Waals surface area contributed by atoms with Crippen LogP contribution in [-0.2, 0) is 6.42 Å². The third-order valence-corrected chi connectivity index (χ3v) is 3.23. The molecule has 1 aromatic rings. The highest BCUT2D eigenvalue weighted by atomic mass is 28.4. The van der Waals surface area contributed by atoms with Gasteiger partial charge in [0.15, 0.2) is 0 Å². The second kappa shape index (κ2) is 5.23. The molecule has 2 nitrogen and oxygen atoms in total. The highest BCUT2D eigenvalue weighted by Crippen LogP contribution is 2.24. The summed E-state index contributed by atoms with van der Waals surface area (Å²) in [7, 11) is -1.57. The first-order valence-electron chi connectivity index (χ1n) is 6.17. The minimum atomic E-state index is -1.57. The Bertz CT molecular complexity index is 361. The Hall–Kier alpha value is -0.803. The van der Waals surface area contributed by atoms with Crippen LogP contribution >= 0.6 is 0 Å². The number of rotatable bonds is 5. The molecule has 0 unspecified atom stereocenters. The van der Waals surface area contributed by atoms with Crippen LogP contribution in [0.3, 0.4) is 0 Å². The molecule has 0 atom stereocenters. The predicted molar refractivity (Wildman–Crippen MR) is 75.0 cm³/mol. The molecule has 0 bridgehead atoms. The molecule has 1 N–H and O–H groups in total. The van der Waals surface area contributed by atoms with Gasteiger partial charge in [-0.1, -0.05) is 18.2 Å². The van der Waals surface area contributed by atoms with Gasteiger partial charge in [-0.2, -0.15) is 0 Å². The first-order valence-corrected chi connectivity index (χ1v) is 9.57. The van der Waals surface area contributed by atoms with Gasteiger partial charge >= 0.3 is 0 Å². The van der Waals surface area contributed by atoms with E-state index in [0.29, 0.717) is 0 Å². The van der Waals surface area contributed by atoms with Crippen LogP contribution in [-0.4, -0.2) is 19.0 Å². The summed E-state index contributed by atoms with van der Waals surface area (Å²) in [6.45, 7) is 10.2. The van der Waals surface area contributed by atoms with Crippen LogP contribution in [0.25, 0.3) is 0 Å². The molecule has 0 spiro atoms. The van der Waals surface area contributed by atoms with Crippen LogP contribution in [0.2, 0.25) is 19.6 Å². The number of aliphatic hydroxyl groups is 1. The first-order chi connectivity index (χ1) is 7.67. The van der Waals surface area contributed by atoms with Gasteiger partial charge in [0.25, 0.3) is 0 Å². The average molecular weight is 252 g/mol. The highest BCUT2D eigenvalue weighted by molar-refractivity contribution is 6.70. The summed E-state index contributed by atoms with van der Waals surface area (Å²) in [5.74, 6) is 0.982. The van der Waals surface area contributed by atoms with E-state index < -0.39 is 13.9 Å². The maximum Gasteiger partial charge on any atom is 0.242 e. The largest absolute Gasteiger partial charge is 0.544 e. The van der Waals surface area contributed by atoms with Crippen molar-refractivity contribution in [3.63, 3.8) is 0 Å². The summed E-state index contributed by atoms with van der Waals surface area (Å²) in [6.07, 6.45) is 1.60. The molecular weight excluding hydrogens is 228 g/mol. The molecule has 0 saturated carbocycles. The Morgan fingerprint density at radius 1 is 1.18 bits per heavy atom. The first kappa shape index (κ1) is 14.3. The van der Waals surface area contributed by atoms with Crippen LogP contribution in [0, 0.1) is 0 Å². The van der Waals surface area contributed by atoms with Crippen molar-refractivity contribution in [3.8, 4) is 5.75 Å². The molecule has 96 valence electrons. The summed E-state index contributed by atoms with van der Waals surface area (Å²) < 4.78 is 6.06. The summed E-state index contributed by atoms with van der Waals surface area (Å²) in [5, 5.41) is 9.77. The zero-order valence-corrected chi connectivity index (χ0v) is 12.6. The fourth-order valence-corrected chi connectivity index (χ4v) is 2.44. The molecule has 0 aliphatic heterocycles. The maximum absolute atomic E-state index is 9.77. The molecule has 0 radical (unpaired) electrons. The van der Waals surface area contributed by atoms with Crippen molar-refractivity contribution >= 4 is 8.32 Å². The lowest BCUT2D eigenvalue weighted by Gasteiger charge is -2.23. The Kier molecular flexibility index (Phi) is 4.39. The SMILES string of the molecule is CC(C)(O)CCc1ccccc1O[Si](C)(C)C. The number of hydrogen-bond acceptors (Lipinski definition) is 2. The van der Waals surface area contributed by atoms with Crippen molar-refractivity contribution in [2.24, 2.45) is 0 Å². The van der Waals surface area contributed by atoms with Crippen LogP contribution in [0.5, 0.6) is 5.75 Å². The third-order valence-electron chi connectivity index (χ3n) is 2.39. The standard InChI is InChI=1S/C14H24O2Si/c1-14(2,15)11-10-12-8-6-7-9-13(12)16-17(3,4)5/h6-9,15H,10-11H2,1-5H3. The van der Waals surface area contributed by atoms with Crippen LogP contribution in [0.15, 0.2) is 24.3 Å². The van der Waals surface area contributed by atoms with Crippen molar-refractivity contribution < 1.29 is 9.53 Å². The van der Waals surface area contributed by atoms with Gasteiger partial charge in [-0.3, -0.25) is 0 Å². The molecule has 3 heteroatoms. The zero-order valence-electron chi connectivity index (χ0n) is 11.6. The number of hydrogen-bond donors (Lipinski definition) is 1. The molecule has 0 aliphatic rings. The minimum absolute atomic E-state index is 0.619. The molecule has 0 saturated heterocycles. The van der Waals surface area contributed by atoms with Gasteiger partial charge in [0.2, 0.25) is 8.32 Å². The van der Waals surface area contributed by atoms with Crippen LogP contribution in [0.1, 0.15) is 25.8 Å². The smallest absolute Gasteiger partial charge is 0.242 e. The monoisotopic (exact) mass is 252 g/mol. The van der Waals surface area contributed by atoms with Crippen LogP contribution in [0.4, 0.5) is 0 Å². The highest BCUT2D eigenvalue weighted by Gasteiger charge is 2.19. The lowest BCUT2D eigenvalue weighted by molar-refractivity contribution is 0.0713. The lowest BCUT2D eigenvalue weighted by Crippen LogP contribution is -2.30. The molecule has 1 aromatic carbocycles. The maximum atomic E-state index is 9.77. The zero-order chi connectivity index (χ0) is 13.1. The van der Waals surface area contributed by atoms with E-state index in [0.717, 1.165) is 18.6 Å². The third kappa shape index (κ3) is 5.89. The molecular formula is C14H24O2Si. The minimum Gasteiger partial charge on any atom is -0.544 e. The van der Waals surface area contributed by atoms with Crippen molar-refractivity contribution in [1.29, 1.82) is 0 Å². The van der Waals surface area contributed by atoms with E-state index in [9.17, 15) is 5.11 Å². The van der Waals surface area contributed by atoms with E-state index in [1.54, 1.807) is 0 Å². The molecule has 17 heavy (non-hydrogen) atoms. The summed E-state index contributed by atoms with van der Waals surface area (Å²) in [5.41, 5.74) is 0.573. The van der Waals surface area contributed by atoms with E-state index in [1.165, 1.54) is 5.56 Å². The molecule has 0 fully saturated rings. The van der Waals surface area contributed by atoms with E-state index in [4.69, 9.17) is 4.43 Å². The molecule has 1 rings (SSSR count). The summed E-state index contributed by atoms with van der Waals surface area (Å²) in [6, 6.07) is 8.14. The van der Waals surface area contributed by atoms with Gasteiger partial charge in [0, 0.05) is 0 Å². The van der Waals surface area contributed by atoms with E-state index in [-0.39, 0.29) is 0 Å². The van der Waals surface area contributed by atoms with E-state index >= 15 is 0 Å².